The number of aromatic nitrogens is 1. The Hall–Kier alpha value is -1.31. The van der Waals surface area contributed by atoms with E-state index in [-0.39, 0.29) is 0 Å². The molecule has 0 amide bonds. The van der Waals surface area contributed by atoms with Gasteiger partial charge in [0.2, 0.25) is 0 Å². The number of carbonyl (C=O) groups is 1. The monoisotopic (exact) mass is 231 g/mol. The molecule has 92 valence electrons. The van der Waals surface area contributed by atoms with E-state index in [1.807, 2.05) is 12.3 Å². The smallest absolute Gasteiger partial charge is 0.164 e. The number of allylic oxidation sites excluding steroid dienone is 1. The molecule has 2 rings (SSSR count). The van der Waals surface area contributed by atoms with Crippen LogP contribution in [0.25, 0.3) is 0 Å². The van der Waals surface area contributed by atoms with Gasteiger partial charge >= 0.3 is 0 Å². The zero-order valence-electron chi connectivity index (χ0n) is 10.5. The van der Waals surface area contributed by atoms with Crippen LogP contribution < -0.4 is 0 Å². The molecule has 0 saturated carbocycles. The number of ketones is 1. The molecule has 0 bridgehead atoms. The van der Waals surface area contributed by atoms with Crippen molar-refractivity contribution in [3.05, 3.63) is 36.2 Å². The number of hydrogen-bond acceptors (Lipinski definition) is 1. The minimum atomic E-state index is 0.330. The first-order valence-corrected chi connectivity index (χ1v) is 6.64. The molecular weight excluding hydrogens is 210 g/mol. The minimum absolute atomic E-state index is 0.330. The molecule has 1 aromatic heterocycles. The Labute approximate surface area is 103 Å². The van der Waals surface area contributed by atoms with Gasteiger partial charge in [0, 0.05) is 30.9 Å². The molecular formula is C15H21NO. The quantitative estimate of drug-likeness (QED) is 0.540. The molecule has 0 saturated heterocycles. The summed E-state index contributed by atoms with van der Waals surface area (Å²) >= 11 is 0. The van der Waals surface area contributed by atoms with E-state index in [0.29, 0.717) is 5.78 Å². The van der Waals surface area contributed by atoms with Crippen molar-refractivity contribution in [1.29, 1.82) is 0 Å². The number of unbranched alkanes of at least 4 members (excludes halogenated alkanes) is 3. The van der Waals surface area contributed by atoms with Crippen LogP contribution in [0, 0.1) is 0 Å². The average molecular weight is 231 g/mol. The molecule has 0 spiro atoms. The van der Waals surface area contributed by atoms with Gasteiger partial charge in [-0.1, -0.05) is 12.5 Å². The zero-order chi connectivity index (χ0) is 12.1. The molecule has 0 aliphatic heterocycles. The Kier molecular flexibility index (Phi) is 4.18. The highest BCUT2D eigenvalue weighted by atomic mass is 16.1. The van der Waals surface area contributed by atoms with Crippen LogP contribution in [0.3, 0.4) is 0 Å². The molecule has 17 heavy (non-hydrogen) atoms. The molecule has 1 aromatic rings. The van der Waals surface area contributed by atoms with Crippen LogP contribution in [0.5, 0.6) is 0 Å². The van der Waals surface area contributed by atoms with E-state index in [1.54, 1.807) is 0 Å². The number of nitrogens with zero attached hydrogens (tertiary/aromatic N) is 1. The van der Waals surface area contributed by atoms with Crippen LogP contribution in [0.15, 0.2) is 25.0 Å². The molecule has 0 atom stereocenters. The number of rotatable bonds is 6. The van der Waals surface area contributed by atoms with Crippen LogP contribution in [0.2, 0.25) is 0 Å². The van der Waals surface area contributed by atoms with Gasteiger partial charge in [0.1, 0.15) is 0 Å². The first-order valence-electron chi connectivity index (χ1n) is 6.64. The van der Waals surface area contributed by atoms with Crippen molar-refractivity contribution in [3.63, 3.8) is 0 Å². The highest BCUT2D eigenvalue weighted by Gasteiger charge is 2.18. The van der Waals surface area contributed by atoms with E-state index in [1.165, 1.54) is 24.8 Å². The van der Waals surface area contributed by atoms with Gasteiger partial charge in [0.15, 0.2) is 5.78 Å². The maximum atomic E-state index is 11.7. The normalized spacial score (nSPS) is 14.7. The number of aryl methyl sites for hydroxylation is 2. The highest BCUT2D eigenvalue weighted by molar-refractivity contribution is 5.98. The topological polar surface area (TPSA) is 22.0 Å². The van der Waals surface area contributed by atoms with E-state index in [0.717, 1.165) is 37.8 Å². The van der Waals surface area contributed by atoms with Crippen molar-refractivity contribution in [2.75, 3.05) is 0 Å². The Morgan fingerprint density at radius 3 is 2.88 bits per heavy atom. The Morgan fingerprint density at radius 2 is 2.12 bits per heavy atom. The summed E-state index contributed by atoms with van der Waals surface area (Å²) in [5.41, 5.74) is 2.23. The Morgan fingerprint density at radius 1 is 1.24 bits per heavy atom. The maximum absolute atomic E-state index is 11.7. The van der Waals surface area contributed by atoms with E-state index in [2.05, 4.69) is 17.3 Å². The number of hydrogen-bond donors (Lipinski definition) is 0. The summed E-state index contributed by atoms with van der Waals surface area (Å²) in [6.45, 7) is 4.77. The Balaban J connectivity index is 1.85. The lowest BCUT2D eigenvalue weighted by molar-refractivity contribution is 0.0973. The predicted molar refractivity (Wildman–Crippen MR) is 70.4 cm³/mol. The largest absolute Gasteiger partial charge is 0.353 e. The van der Waals surface area contributed by atoms with E-state index in [9.17, 15) is 4.79 Å². The third-order valence-electron chi connectivity index (χ3n) is 3.44. The summed E-state index contributed by atoms with van der Waals surface area (Å²) in [6, 6.07) is 0. The fraction of sp³-hybridized carbons (Fsp3) is 0.533. The van der Waals surface area contributed by atoms with Crippen molar-refractivity contribution in [1.82, 2.24) is 4.57 Å². The van der Waals surface area contributed by atoms with Gasteiger partial charge in [-0.15, -0.1) is 6.58 Å². The van der Waals surface area contributed by atoms with E-state index >= 15 is 0 Å². The predicted octanol–water partition coefficient (Wildman–Crippen LogP) is 3.75. The number of carbonyl (C=O) groups excluding carboxylic acids is 1. The standard InChI is InChI=1S/C15H21NO/c1-2-3-4-5-6-10-16-11-13-8-7-9-15(17)14(13)12-16/h2,11-12H,1,3-10H2. The zero-order valence-corrected chi connectivity index (χ0v) is 10.5. The van der Waals surface area contributed by atoms with Crippen molar-refractivity contribution in [2.45, 2.75) is 51.5 Å². The molecule has 1 heterocycles. The molecule has 0 fully saturated rings. The molecule has 1 aliphatic rings. The lowest BCUT2D eigenvalue weighted by Crippen LogP contribution is -2.07. The minimum Gasteiger partial charge on any atom is -0.353 e. The van der Waals surface area contributed by atoms with Gasteiger partial charge in [0.25, 0.3) is 0 Å². The lowest BCUT2D eigenvalue weighted by Gasteiger charge is -2.07. The Bertz CT molecular complexity index is 403. The lowest BCUT2D eigenvalue weighted by atomic mass is 9.95. The van der Waals surface area contributed by atoms with Crippen LogP contribution >= 0.6 is 0 Å². The second-order valence-electron chi connectivity index (χ2n) is 4.85. The summed E-state index contributed by atoms with van der Waals surface area (Å²) in [5.74, 6) is 0.330. The van der Waals surface area contributed by atoms with E-state index < -0.39 is 0 Å². The summed E-state index contributed by atoms with van der Waals surface area (Å²) in [7, 11) is 0. The van der Waals surface area contributed by atoms with Crippen molar-refractivity contribution >= 4 is 5.78 Å². The molecule has 0 N–H and O–H groups in total. The SMILES string of the molecule is C=CCCCCCn1cc2c(c1)C(=O)CCC2. The van der Waals surface area contributed by atoms with Crippen LogP contribution in [0.1, 0.15) is 54.4 Å². The number of Topliss-reactive ketones (excluding diaryl/α,β-unsaturated/α-hetero) is 1. The van der Waals surface area contributed by atoms with Crippen LogP contribution in [0.4, 0.5) is 0 Å². The van der Waals surface area contributed by atoms with Gasteiger partial charge < -0.3 is 4.57 Å². The highest BCUT2D eigenvalue weighted by Crippen LogP contribution is 2.22. The second kappa shape index (κ2) is 5.85. The number of fused-ring (bicyclic) bond motifs is 1. The van der Waals surface area contributed by atoms with Crippen molar-refractivity contribution < 1.29 is 4.79 Å². The summed E-state index contributed by atoms with van der Waals surface area (Å²) in [4.78, 5) is 11.7. The van der Waals surface area contributed by atoms with Gasteiger partial charge in [-0.25, -0.2) is 0 Å². The summed E-state index contributed by atoms with van der Waals surface area (Å²) in [5, 5.41) is 0. The molecule has 0 unspecified atom stereocenters. The van der Waals surface area contributed by atoms with Crippen LogP contribution in [-0.2, 0) is 13.0 Å². The first kappa shape index (κ1) is 12.2. The summed E-state index contributed by atoms with van der Waals surface area (Å²) < 4.78 is 2.20. The van der Waals surface area contributed by atoms with Gasteiger partial charge in [-0.3, -0.25) is 4.79 Å². The molecule has 1 aliphatic carbocycles. The second-order valence-corrected chi connectivity index (χ2v) is 4.85. The van der Waals surface area contributed by atoms with Crippen molar-refractivity contribution in [2.24, 2.45) is 0 Å². The van der Waals surface area contributed by atoms with Gasteiger partial charge in [-0.05, 0) is 37.7 Å². The molecule has 0 aromatic carbocycles. The van der Waals surface area contributed by atoms with Gasteiger partial charge in [-0.2, -0.15) is 0 Å². The van der Waals surface area contributed by atoms with Crippen molar-refractivity contribution in [3.8, 4) is 0 Å². The summed E-state index contributed by atoms with van der Waals surface area (Å²) in [6.07, 6.45) is 13.8. The third-order valence-corrected chi connectivity index (χ3v) is 3.44. The van der Waals surface area contributed by atoms with Crippen LogP contribution in [-0.4, -0.2) is 10.4 Å². The fourth-order valence-corrected chi connectivity index (χ4v) is 2.47. The van der Waals surface area contributed by atoms with E-state index in [4.69, 9.17) is 0 Å². The first-order chi connectivity index (χ1) is 8.31. The third kappa shape index (κ3) is 3.09. The molecule has 2 nitrogen and oxygen atoms in total. The molecule has 0 radical (unpaired) electrons. The maximum Gasteiger partial charge on any atom is 0.164 e. The average Bonchev–Trinajstić information content (AvgIpc) is 2.73. The molecule has 2 heteroatoms. The van der Waals surface area contributed by atoms with Gasteiger partial charge in [0.05, 0.1) is 0 Å². The fourth-order valence-electron chi connectivity index (χ4n) is 2.47.